The molecule has 1 heterocycles. The Morgan fingerprint density at radius 1 is 1.24 bits per heavy atom. The van der Waals surface area contributed by atoms with Crippen molar-refractivity contribution in [2.24, 2.45) is 5.41 Å². The fourth-order valence-electron chi connectivity index (χ4n) is 2.40. The van der Waals surface area contributed by atoms with Gasteiger partial charge in [-0.05, 0) is 50.5 Å². The summed E-state index contributed by atoms with van der Waals surface area (Å²) >= 11 is 0. The molecule has 0 bridgehead atoms. The van der Waals surface area contributed by atoms with Crippen LogP contribution in [0.5, 0.6) is 0 Å². The van der Waals surface area contributed by atoms with Gasteiger partial charge in [0.15, 0.2) is 0 Å². The average molecular weight is 303 g/mol. The van der Waals surface area contributed by atoms with Crippen LogP contribution in [-0.4, -0.2) is 25.8 Å². The van der Waals surface area contributed by atoms with E-state index in [1.54, 1.807) is 6.92 Å². The summed E-state index contributed by atoms with van der Waals surface area (Å²) in [6.45, 7) is 4.29. The highest BCUT2D eigenvalue weighted by Crippen LogP contribution is 2.32. The summed E-state index contributed by atoms with van der Waals surface area (Å²) in [6, 6.07) is 8.82. The first-order valence-corrected chi connectivity index (χ1v) is 8.18. The summed E-state index contributed by atoms with van der Waals surface area (Å²) in [5.74, 6) is 0. The first-order chi connectivity index (χ1) is 9.82. The largest absolute Gasteiger partial charge is 0.243 e. The second-order valence-electron chi connectivity index (χ2n) is 5.67. The second-order valence-corrected chi connectivity index (χ2v) is 7.60. The van der Waals surface area contributed by atoms with Gasteiger partial charge in [-0.15, -0.1) is 0 Å². The highest BCUT2D eigenvalue weighted by atomic mass is 32.2. The Bertz CT molecular complexity index is 733. The maximum atomic E-state index is 12.6. The van der Waals surface area contributed by atoms with Crippen molar-refractivity contribution in [3.63, 3.8) is 0 Å². The van der Waals surface area contributed by atoms with E-state index in [2.05, 4.69) is 6.07 Å². The number of hydrogen-bond donors (Lipinski definition) is 0. The third kappa shape index (κ3) is 2.92. The highest BCUT2D eigenvalue weighted by molar-refractivity contribution is 7.89. The minimum atomic E-state index is -3.55. The molecule has 0 atom stereocenters. The average Bonchev–Trinajstić information content (AvgIpc) is 2.47. The van der Waals surface area contributed by atoms with Crippen LogP contribution >= 0.6 is 0 Å². The molecule has 0 aromatic heterocycles. The van der Waals surface area contributed by atoms with Crippen LogP contribution in [0.2, 0.25) is 0 Å². The van der Waals surface area contributed by atoms with Gasteiger partial charge < -0.3 is 0 Å². The molecular weight excluding hydrogens is 286 g/mol. The van der Waals surface area contributed by atoms with Crippen molar-refractivity contribution in [2.75, 3.05) is 13.1 Å². The number of benzene rings is 1. The SMILES string of the molecule is Cc1cc(S(=O)(=O)N2CCC(C)(C#N)CC2)ccc1C#N. The van der Waals surface area contributed by atoms with Crippen LogP contribution in [0.15, 0.2) is 23.1 Å². The number of nitriles is 2. The van der Waals surface area contributed by atoms with E-state index in [9.17, 15) is 8.42 Å². The lowest BCUT2D eigenvalue weighted by molar-refractivity contribution is 0.232. The molecule has 2 rings (SSSR count). The molecule has 1 fully saturated rings. The van der Waals surface area contributed by atoms with Crippen molar-refractivity contribution in [3.05, 3.63) is 29.3 Å². The molecule has 1 aliphatic rings. The number of nitrogens with zero attached hydrogens (tertiary/aromatic N) is 3. The predicted octanol–water partition coefficient (Wildman–Crippen LogP) is 2.18. The number of piperidine rings is 1. The van der Waals surface area contributed by atoms with Crippen LogP contribution in [-0.2, 0) is 10.0 Å². The van der Waals surface area contributed by atoms with Crippen molar-refractivity contribution in [2.45, 2.75) is 31.6 Å². The molecular formula is C15H17N3O2S. The van der Waals surface area contributed by atoms with E-state index in [1.807, 2.05) is 13.0 Å². The monoisotopic (exact) mass is 303 g/mol. The Morgan fingerprint density at radius 2 is 1.86 bits per heavy atom. The zero-order valence-electron chi connectivity index (χ0n) is 12.1. The minimum absolute atomic E-state index is 0.208. The quantitative estimate of drug-likeness (QED) is 0.838. The smallest absolute Gasteiger partial charge is 0.207 e. The van der Waals surface area contributed by atoms with Gasteiger partial charge in [-0.25, -0.2) is 8.42 Å². The Morgan fingerprint density at radius 3 is 2.33 bits per heavy atom. The molecule has 5 nitrogen and oxygen atoms in total. The van der Waals surface area contributed by atoms with Gasteiger partial charge >= 0.3 is 0 Å². The number of sulfonamides is 1. The lowest BCUT2D eigenvalue weighted by Crippen LogP contribution is -2.41. The van der Waals surface area contributed by atoms with Crippen LogP contribution in [0.3, 0.4) is 0 Å². The van der Waals surface area contributed by atoms with Gasteiger partial charge in [-0.3, -0.25) is 0 Å². The maximum Gasteiger partial charge on any atom is 0.243 e. The first-order valence-electron chi connectivity index (χ1n) is 6.74. The molecule has 21 heavy (non-hydrogen) atoms. The van der Waals surface area contributed by atoms with E-state index >= 15 is 0 Å². The molecule has 0 amide bonds. The van der Waals surface area contributed by atoms with Gasteiger partial charge in [0.1, 0.15) is 0 Å². The lowest BCUT2D eigenvalue weighted by Gasteiger charge is -2.34. The Labute approximate surface area is 125 Å². The van der Waals surface area contributed by atoms with Gasteiger partial charge in [-0.2, -0.15) is 14.8 Å². The third-order valence-corrected chi connectivity index (χ3v) is 5.95. The van der Waals surface area contributed by atoms with Gasteiger partial charge in [0.2, 0.25) is 10.0 Å². The predicted molar refractivity (Wildman–Crippen MR) is 77.6 cm³/mol. The van der Waals surface area contributed by atoms with E-state index in [1.165, 1.54) is 22.5 Å². The Hall–Kier alpha value is -1.89. The third-order valence-electron chi connectivity index (χ3n) is 4.05. The summed E-state index contributed by atoms with van der Waals surface area (Å²) < 4.78 is 26.6. The number of aryl methyl sites for hydroxylation is 1. The van der Waals surface area contributed by atoms with E-state index in [4.69, 9.17) is 10.5 Å². The van der Waals surface area contributed by atoms with Gasteiger partial charge in [0.25, 0.3) is 0 Å². The van der Waals surface area contributed by atoms with Crippen LogP contribution in [0.25, 0.3) is 0 Å². The van der Waals surface area contributed by atoms with Gasteiger partial charge in [-0.1, -0.05) is 0 Å². The molecule has 0 radical (unpaired) electrons. The summed E-state index contributed by atoms with van der Waals surface area (Å²) in [5.41, 5.74) is 0.689. The molecule has 1 aliphatic heterocycles. The van der Waals surface area contributed by atoms with Gasteiger partial charge in [0, 0.05) is 13.1 Å². The number of rotatable bonds is 2. The van der Waals surface area contributed by atoms with Crippen molar-refractivity contribution in [1.82, 2.24) is 4.31 Å². The molecule has 1 aromatic carbocycles. The Balaban J connectivity index is 2.26. The fourth-order valence-corrected chi connectivity index (χ4v) is 3.93. The number of hydrogen-bond acceptors (Lipinski definition) is 4. The van der Waals surface area contributed by atoms with Crippen LogP contribution in [0.4, 0.5) is 0 Å². The van der Waals surface area contributed by atoms with E-state index in [0.717, 1.165) is 0 Å². The van der Waals surface area contributed by atoms with E-state index in [-0.39, 0.29) is 4.90 Å². The molecule has 0 N–H and O–H groups in total. The maximum absolute atomic E-state index is 12.6. The standard InChI is InChI=1S/C15H17N3O2S/c1-12-9-14(4-3-13(12)10-16)21(19,20)18-7-5-15(2,11-17)6-8-18/h3-4,9H,5-8H2,1-2H3. The van der Waals surface area contributed by atoms with Crippen LogP contribution in [0, 0.1) is 35.0 Å². The molecule has 110 valence electrons. The summed E-state index contributed by atoms with van der Waals surface area (Å²) in [5, 5.41) is 18.0. The first kappa shape index (κ1) is 15.5. The molecule has 1 saturated heterocycles. The van der Waals surface area contributed by atoms with E-state index in [0.29, 0.717) is 37.1 Å². The van der Waals surface area contributed by atoms with Crippen molar-refractivity contribution in [1.29, 1.82) is 10.5 Å². The van der Waals surface area contributed by atoms with Gasteiger partial charge in [0.05, 0.1) is 28.0 Å². The minimum Gasteiger partial charge on any atom is -0.207 e. The van der Waals surface area contributed by atoms with Crippen molar-refractivity contribution in [3.8, 4) is 12.1 Å². The van der Waals surface area contributed by atoms with E-state index < -0.39 is 15.4 Å². The molecule has 6 heteroatoms. The fraction of sp³-hybridized carbons (Fsp3) is 0.467. The van der Waals surface area contributed by atoms with Crippen LogP contribution in [0.1, 0.15) is 30.9 Å². The lowest BCUT2D eigenvalue weighted by atomic mass is 9.83. The highest BCUT2D eigenvalue weighted by Gasteiger charge is 2.35. The molecule has 0 spiro atoms. The van der Waals surface area contributed by atoms with Crippen molar-refractivity contribution < 1.29 is 8.42 Å². The molecule has 0 unspecified atom stereocenters. The summed E-state index contributed by atoms with van der Waals surface area (Å²) in [4.78, 5) is 0.208. The molecule has 0 saturated carbocycles. The Kier molecular flexibility index (Phi) is 4.04. The second kappa shape index (κ2) is 5.48. The molecule has 0 aliphatic carbocycles. The summed E-state index contributed by atoms with van der Waals surface area (Å²) in [7, 11) is -3.55. The normalized spacial score (nSPS) is 18.7. The topological polar surface area (TPSA) is 85.0 Å². The zero-order chi connectivity index (χ0) is 15.7. The van der Waals surface area contributed by atoms with Crippen LogP contribution < -0.4 is 0 Å². The zero-order valence-corrected chi connectivity index (χ0v) is 12.9. The molecule has 1 aromatic rings. The summed E-state index contributed by atoms with van der Waals surface area (Å²) in [6.07, 6.45) is 1.08. The van der Waals surface area contributed by atoms with Crippen molar-refractivity contribution >= 4 is 10.0 Å².